The van der Waals surface area contributed by atoms with E-state index in [1.807, 2.05) is 0 Å². The number of anilines is 1. The zero-order valence-corrected chi connectivity index (χ0v) is 10.3. The second-order valence-corrected chi connectivity index (χ2v) is 4.26. The van der Waals surface area contributed by atoms with Gasteiger partial charge < -0.3 is 16.2 Å². The van der Waals surface area contributed by atoms with Gasteiger partial charge in [0.25, 0.3) is 5.91 Å². The molecule has 0 aliphatic heterocycles. The van der Waals surface area contributed by atoms with Gasteiger partial charge in [0.05, 0.1) is 5.92 Å². The SMILES string of the molecule is CC(CCCNC(=O)c1ccc(N)cc1)C(=O)O. The summed E-state index contributed by atoms with van der Waals surface area (Å²) in [6, 6.07) is 6.65. The molecule has 0 radical (unpaired) electrons. The van der Waals surface area contributed by atoms with Gasteiger partial charge in [-0.25, -0.2) is 0 Å². The van der Waals surface area contributed by atoms with Gasteiger partial charge in [-0.05, 0) is 37.1 Å². The summed E-state index contributed by atoms with van der Waals surface area (Å²) < 4.78 is 0. The first-order chi connectivity index (χ1) is 8.50. The standard InChI is InChI=1S/C13H18N2O3/c1-9(13(17)18)3-2-8-15-12(16)10-4-6-11(14)7-5-10/h4-7,9H,2-3,8,14H2,1H3,(H,15,16)(H,17,18). The molecule has 0 bridgehead atoms. The first kappa shape index (κ1) is 14.0. The predicted octanol–water partition coefficient (Wildman–Crippen LogP) is 1.50. The Balaban J connectivity index is 2.29. The number of nitrogens with one attached hydrogen (secondary N) is 1. The summed E-state index contributed by atoms with van der Waals surface area (Å²) in [5.74, 6) is -1.35. The van der Waals surface area contributed by atoms with Gasteiger partial charge in [-0.15, -0.1) is 0 Å². The van der Waals surface area contributed by atoms with Gasteiger partial charge in [0.2, 0.25) is 0 Å². The lowest BCUT2D eigenvalue weighted by Gasteiger charge is -2.07. The Morgan fingerprint density at radius 2 is 1.94 bits per heavy atom. The van der Waals surface area contributed by atoms with Crippen LogP contribution in [0.4, 0.5) is 5.69 Å². The van der Waals surface area contributed by atoms with E-state index in [1.165, 1.54) is 0 Å². The summed E-state index contributed by atoms with van der Waals surface area (Å²) in [5.41, 5.74) is 6.69. The molecule has 1 atom stereocenters. The number of hydrogen-bond donors (Lipinski definition) is 3. The van der Waals surface area contributed by atoms with Gasteiger partial charge in [-0.1, -0.05) is 6.92 Å². The quantitative estimate of drug-likeness (QED) is 0.527. The molecule has 1 rings (SSSR count). The highest BCUT2D eigenvalue weighted by Gasteiger charge is 2.10. The van der Waals surface area contributed by atoms with E-state index in [0.29, 0.717) is 30.6 Å². The molecule has 5 heteroatoms. The van der Waals surface area contributed by atoms with E-state index in [1.54, 1.807) is 31.2 Å². The Morgan fingerprint density at radius 3 is 2.50 bits per heavy atom. The first-order valence-corrected chi connectivity index (χ1v) is 5.87. The lowest BCUT2D eigenvalue weighted by molar-refractivity contribution is -0.141. The predicted molar refractivity (Wildman–Crippen MR) is 69.2 cm³/mol. The third-order valence-electron chi connectivity index (χ3n) is 2.69. The lowest BCUT2D eigenvalue weighted by atomic mass is 10.1. The first-order valence-electron chi connectivity index (χ1n) is 5.87. The fourth-order valence-electron chi connectivity index (χ4n) is 1.47. The molecule has 0 saturated heterocycles. The average Bonchev–Trinajstić information content (AvgIpc) is 2.34. The molecular formula is C13H18N2O3. The number of carboxylic acids is 1. The van der Waals surface area contributed by atoms with Crippen molar-refractivity contribution in [2.24, 2.45) is 5.92 Å². The van der Waals surface area contributed by atoms with Crippen LogP contribution in [0.3, 0.4) is 0 Å². The maximum Gasteiger partial charge on any atom is 0.306 e. The van der Waals surface area contributed by atoms with Gasteiger partial charge in [-0.3, -0.25) is 9.59 Å². The van der Waals surface area contributed by atoms with E-state index in [0.717, 1.165) is 0 Å². The van der Waals surface area contributed by atoms with E-state index < -0.39 is 5.97 Å². The van der Waals surface area contributed by atoms with Crippen LogP contribution >= 0.6 is 0 Å². The number of nitrogen functional groups attached to an aromatic ring is 1. The highest BCUT2D eigenvalue weighted by atomic mass is 16.4. The van der Waals surface area contributed by atoms with Crippen molar-refractivity contribution in [3.05, 3.63) is 29.8 Å². The van der Waals surface area contributed by atoms with Crippen molar-refractivity contribution in [2.45, 2.75) is 19.8 Å². The molecule has 1 unspecified atom stereocenters. The van der Waals surface area contributed by atoms with Crippen molar-refractivity contribution in [3.8, 4) is 0 Å². The zero-order valence-electron chi connectivity index (χ0n) is 10.3. The largest absolute Gasteiger partial charge is 0.481 e. The Bertz CT molecular complexity index is 415. The van der Waals surface area contributed by atoms with Crippen molar-refractivity contribution in [2.75, 3.05) is 12.3 Å². The summed E-state index contributed by atoms with van der Waals surface area (Å²) in [7, 11) is 0. The lowest BCUT2D eigenvalue weighted by Crippen LogP contribution is -2.25. The number of aliphatic carboxylic acids is 1. The fraction of sp³-hybridized carbons (Fsp3) is 0.385. The normalized spacial score (nSPS) is 11.8. The van der Waals surface area contributed by atoms with Gasteiger partial charge >= 0.3 is 5.97 Å². The molecule has 1 aromatic rings. The van der Waals surface area contributed by atoms with Crippen LogP contribution in [-0.2, 0) is 4.79 Å². The molecule has 0 heterocycles. The summed E-state index contributed by atoms with van der Waals surface area (Å²) >= 11 is 0. The van der Waals surface area contributed by atoms with Crippen LogP contribution in [0.25, 0.3) is 0 Å². The number of carboxylic acid groups (broad SMARTS) is 1. The van der Waals surface area contributed by atoms with Gasteiger partial charge in [0, 0.05) is 17.8 Å². The number of amides is 1. The average molecular weight is 250 g/mol. The number of rotatable bonds is 6. The minimum absolute atomic E-state index is 0.169. The highest BCUT2D eigenvalue weighted by Crippen LogP contribution is 2.06. The zero-order chi connectivity index (χ0) is 13.5. The second-order valence-electron chi connectivity index (χ2n) is 4.26. The molecule has 98 valence electrons. The number of benzene rings is 1. The maximum atomic E-state index is 11.7. The minimum Gasteiger partial charge on any atom is -0.481 e. The van der Waals surface area contributed by atoms with Crippen LogP contribution in [0.15, 0.2) is 24.3 Å². The van der Waals surface area contributed by atoms with Crippen LogP contribution < -0.4 is 11.1 Å². The van der Waals surface area contributed by atoms with Crippen LogP contribution in [0.2, 0.25) is 0 Å². The van der Waals surface area contributed by atoms with E-state index in [-0.39, 0.29) is 11.8 Å². The maximum absolute atomic E-state index is 11.7. The molecule has 1 amide bonds. The molecule has 0 aromatic heterocycles. The van der Waals surface area contributed by atoms with Crippen molar-refractivity contribution >= 4 is 17.6 Å². The highest BCUT2D eigenvalue weighted by molar-refractivity contribution is 5.94. The summed E-state index contributed by atoms with van der Waals surface area (Å²) in [4.78, 5) is 22.2. The van der Waals surface area contributed by atoms with Crippen LogP contribution in [0, 0.1) is 5.92 Å². The van der Waals surface area contributed by atoms with Gasteiger partial charge in [-0.2, -0.15) is 0 Å². The van der Waals surface area contributed by atoms with Gasteiger partial charge in [0.15, 0.2) is 0 Å². The van der Waals surface area contributed by atoms with E-state index >= 15 is 0 Å². The van der Waals surface area contributed by atoms with Crippen molar-refractivity contribution in [1.29, 1.82) is 0 Å². The molecular weight excluding hydrogens is 232 g/mol. The molecule has 0 saturated carbocycles. The molecule has 1 aromatic carbocycles. The second kappa shape index (κ2) is 6.64. The topological polar surface area (TPSA) is 92.4 Å². The summed E-state index contributed by atoms with van der Waals surface area (Å²) in [5, 5.41) is 11.4. The van der Waals surface area contributed by atoms with E-state index in [9.17, 15) is 9.59 Å². The van der Waals surface area contributed by atoms with Crippen LogP contribution in [0.5, 0.6) is 0 Å². The Kier molecular flexibility index (Phi) is 5.17. The molecule has 5 nitrogen and oxygen atoms in total. The van der Waals surface area contributed by atoms with E-state index in [2.05, 4.69) is 5.32 Å². The van der Waals surface area contributed by atoms with Gasteiger partial charge in [0.1, 0.15) is 0 Å². The Morgan fingerprint density at radius 1 is 1.33 bits per heavy atom. The van der Waals surface area contributed by atoms with Crippen LogP contribution in [0.1, 0.15) is 30.1 Å². The number of hydrogen-bond acceptors (Lipinski definition) is 3. The minimum atomic E-state index is -0.806. The third kappa shape index (κ3) is 4.45. The number of carbonyl (C=O) groups excluding carboxylic acids is 1. The van der Waals surface area contributed by atoms with Crippen LogP contribution in [-0.4, -0.2) is 23.5 Å². The monoisotopic (exact) mass is 250 g/mol. The van der Waals surface area contributed by atoms with Crippen molar-refractivity contribution in [3.63, 3.8) is 0 Å². The molecule has 4 N–H and O–H groups in total. The molecule has 0 aliphatic rings. The smallest absolute Gasteiger partial charge is 0.306 e. The van der Waals surface area contributed by atoms with Crippen molar-refractivity contribution < 1.29 is 14.7 Å². The van der Waals surface area contributed by atoms with E-state index in [4.69, 9.17) is 10.8 Å². The summed E-state index contributed by atoms with van der Waals surface area (Å²) in [6.45, 7) is 2.13. The fourth-order valence-corrected chi connectivity index (χ4v) is 1.47. The number of carbonyl (C=O) groups is 2. The summed E-state index contributed by atoms with van der Waals surface area (Å²) in [6.07, 6.45) is 1.20. The number of nitrogens with two attached hydrogens (primary N) is 1. The Hall–Kier alpha value is -2.04. The van der Waals surface area contributed by atoms with Crippen molar-refractivity contribution in [1.82, 2.24) is 5.32 Å². The molecule has 0 spiro atoms. The molecule has 0 aliphatic carbocycles. The molecule has 18 heavy (non-hydrogen) atoms. The Labute approximate surface area is 106 Å². The molecule has 0 fully saturated rings. The third-order valence-corrected chi connectivity index (χ3v) is 2.69.